The molecule has 0 aromatic heterocycles. The molecule has 1 unspecified atom stereocenters. The van der Waals surface area contributed by atoms with Crippen LogP contribution in [-0.2, 0) is 9.53 Å². The van der Waals surface area contributed by atoms with Gasteiger partial charge in [-0.05, 0) is 76.7 Å². The van der Waals surface area contributed by atoms with E-state index < -0.39 is 0 Å². The van der Waals surface area contributed by atoms with Crippen molar-refractivity contribution in [1.82, 2.24) is 0 Å². The first-order valence-corrected chi connectivity index (χ1v) is 19.0. The molecule has 0 spiro atoms. The van der Waals surface area contributed by atoms with Gasteiger partial charge in [-0.2, -0.15) is 0 Å². The van der Waals surface area contributed by atoms with E-state index in [0.717, 1.165) is 25.0 Å². The predicted molar refractivity (Wildman–Crippen MR) is 186 cm³/mol. The lowest BCUT2D eigenvalue weighted by Crippen LogP contribution is -2.32. The van der Waals surface area contributed by atoms with Crippen molar-refractivity contribution in [2.75, 3.05) is 0 Å². The number of rotatable bonds is 32. The minimum atomic E-state index is -0.000726. The average molecular weight is 585 g/mol. The van der Waals surface area contributed by atoms with E-state index >= 15 is 0 Å². The molecule has 1 saturated heterocycles. The summed E-state index contributed by atoms with van der Waals surface area (Å²) in [6.45, 7) is 4.57. The molecule has 2 heteroatoms. The number of hydrogen-bond acceptors (Lipinski definition) is 2. The smallest absolute Gasteiger partial charge is 0.321 e. The molecule has 0 aliphatic carbocycles. The number of hydrogen-bond donors (Lipinski definition) is 0. The third-order valence-electron chi connectivity index (χ3n) is 8.91. The van der Waals surface area contributed by atoms with E-state index in [4.69, 9.17) is 4.74 Å². The first-order valence-electron chi connectivity index (χ1n) is 19.0. The fraction of sp³-hybridized carbons (Fsp3) is 0.825. The summed E-state index contributed by atoms with van der Waals surface area (Å²) in [5, 5.41) is 0. The lowest BCUT2D eigenvalue weighted by molar-refractivity contribution is -0.157. The van der Waals surface area contributed by atoms with Gasteiger partial charge in [-0.1, -0.05) is 160 Å². The summed E-state index contributed by atoms with van der Waals surface area (Å²) < 4.78 is 5.36. The molecule has 1 aliphatic rings. The second-order valence-electron chi connectivity index (χ2n) is 13.0. The highest BCUT2D eigenvalue weighted by Crippen LogP contribution is 2.32. The van der Waals surface area contributed by atoms with E-state index in [1.165, 1.54) is 173 Å². The Morgan fingerprint density at radius 3 is 1.19 bits per heavy atom. The average Bonchev–Trinajstić information content (AvgIpc) is 2.99. The summed E-state index contributed by atoms with van der Waals surface area (Å²) in [6.07, 6.45) is 51.3. The Hall–Kier alpha value is -1.31. The summed E-state index contributed by atoms with van der Waals surface area (Å²) in [7, 11) is 0. The van der Waals surface area contributed by atoms with Crippen molar-refractivity contribution in [3.63, 3.8) is 0 Å². The lowest BCUT2D eigenvalue weighted by atomic mass is 9.93. The van der Waals surface area contributed by atoms with Crippen LogP contribution in [0.5, 0.6) is 0 Å². The lowest BCUT2D eigenvalue weighted by Gasteiger charge is -2.28. The number of carbonyl (C=O) groups is 1. The standard InChI is InChI=1S/C40H72O2/c1-3-5-7-9-11-13-15-17-19-21-23-25-27-29-31-33-35-37-39-38(40(41)42-39)36-34-32-30-28-26-24-22-20-18-16-14-12-10-8-6-4-2/h23-26,37-38H,3-22,27-36H2,1-2H3/b25-23+,26-24+,39-37+. The van der Waals surface area contributed by atoms with Crippen molar-refractivity contribution in [3.8, 4) is 0 Å². The Bertz CT molecular complexity index is 673. The number of allylic oxidation sites excluding steroid dienone is 5. The molecule has 42 heavy (non-hydrogen) atoms. The second-order valence-corrected chi connectivity index (χ2v) is 13.0. The molecule has 0 aromatic rings. The van der Waals surface area contributed by atoms with Gasteiger partial charge in [-0.25, -0.2) is 0 Å². The van der Waals surface area contributed by atoms with E-state index in [0.29, 0.717) is 0 Å². The van der Waals surface area contributed by atoms with Gasteiger partial charge in [0, 0.05) is 0 Å². The van der Waals surface area contributed by atoms with Gasteiger partial charge < -0.3 is 4.74 Å². The Kier molecular flexibility index (Phi) is 28.7. The van der Waals surface area contributed by atoms with Gasteiger partial charge in [0.25, 0.3) is 0 Å². The molecule has 1 atom stereocenters. The van der Waals surface area contributed by atoms with Crippen molar-refractivity contribution < 1.29 is 9.53 Å². The Morgan fingerprint density at radius 2 is 0.786 bits per heavy atom. The highest BCUT2D eigenvalue weighted by Gasteiger charge is 2.36. The van der Waals surface area contributed by atoms with Crippen LogP contribution in [0.3, 0.4) is 0 Å². The third-order valence-corrected chi connectivity index (χ3v) is 8.91. The highest BCUT2D eigenvalue weighted by molar-refractivity contribution is 5.82. The van der Waals surface area contributed by atoms with Gasteiger partial charge in [0.2, 0.25) is 0 Å². The van der Waals surface area contributed by atoms with Crippen molar-refractivity contribution in [2.45, 2.75) is 206 Å². The minimum absolute atomic E-state index is 0.000726. The molecule has 0 amide bonds. The Labute approximate surface area is 263 Å². The van der Waals surface area contributed by atoms with E-state index in [2.05, 4.69) is 44.2 Å². The molecule has 0 saturated carbocycles. The van der Waals surface area contributed by atoms with Gasteiger partial charge >= 0.3 is 5.97 Å². The molecule has 244 valence electrons. The summed E-state index contributed by atoms with van der Waals surface area (Å²) >= 11 is 0. The van der Waals surface area contributed by atoms with Crippen LogP contribution in [0.15, 0.2) is 36.1 Å². The molecule has 1 aliphatic heterocycles. The van der Waals surface area contributed by atoms with Crippen LogP contribution in [0.1, 0.15) is 206 Å². The van der Waals surface area contributed by atoms with Crippen molar-refractivity contribution in [1.29, 1.82) is 0 Å². The third kappa shape index (κ3) is 24.2. The fourth-order valence-corrected chi connectivity index (χ4v) is 5.99. The number of ether oxygens (including phenoxy) is 1. The first kappa shape index (κ1) is 38.7. The molecule has 2 nitrogen and oxygen atoms in total. The SMILES string of the molecule is CCCCCCCCCCC/C=C/CCCCC/C=C1/OC(=O)C1CCCCC/C=C/CCCCCCCCCCC. The number of cyclic esters (lactones) is 1. The number of esters is 1. The van der Waals surface area contributed by atoms with E-state index in [-0.39, 0.29) is 11.9 Å². The molecule has 1 heterocycles. The van der Waals surface area contributed by atoms with Crippen LogP contribution in [0.25, 0.3) is 0 Å². The minimum Gasteiger partial charge on any atom is -0.430 e. The quantitative estimate of drug-likeness (QED) is 0.0446. The largest absolute Gasteiger partial charge is 0.430 e. The van der Waals surface area contributed by atoms with Gasteiger partial charge in [0.05, 0.1) is 0 Å². The van der Waals surface area contributed by atoms with E-state index in [1.54, 1.807) is 0 Å². The van der Waals surface area contributed by atoms with Gasteiger partial charge in [0.1, 0.15) is 11.7 Å². The summed E-state index contributed by atoms with van der Waals surface area (Å²) in [6, 6.07) is 0. The molecule has 1 fully saturated rings. The first-order chi connectivity index (χ1) is 20.8. The maximum absolute atomic E-state index is 11.9. The molecular weight excluding hydrogens is 512 g/mol. The molecule has 1 rings (SSSR count). The zero-order valence-electron chi connectivity index (χ0n) is 28.5. The van der Waals surface area contributed by atoms with Crippen LogP contribution in [0, 0.1) is 5.92 Å². The second kappa shape index (κ2) is 31.1. The van der Waals surface area contributed by atoms with Crippen LogP contribution < -0.4 is 0 Å². The van der Waals surface area contributed by atoms with E-state index in [1.807, 2.05) is 0 Å². The van der Waals surface area contributed by atoms with Crippen molar-refractivity contribution in [3.05, 3.63) is 36.1 Å². The maximum atomic E-state index is 11.9. The monoisotopic (exact) mass is 585 g/mol. The maximum Gasteiger partial charge on any atom is 0.321 e. The van der Waals surface area contributed by atoms with Gasteiger partial charge in [-0.15, -0.1) is 0 Å². The number of unbranched alkanes of at least 4 members (excludes halogenated alkanes) is 25. The highest BCUT2D eigenvalue weighted by atomic mass is 16.6. The molecular formula is C40H72O2. The normalized spacial score (nSPS) is 16.2. The van der Waals surface area contributed by atoms with Crippen LogP contribution in [0.2, 0.25) is 0 Å². The molecule has 0 bridgehead atoms. The van der Waals surface area contributed by atoms with Crippen molar-refractivity contribution >= 4 is 5.97 Å². The molecule has 0 N–H and O–H groups in total. The zero-order chi connectivity index (χ0) is 30.2. The molecule has 0 aromatic carbocycles. The van der Waals surface area contributed by atoms with Crippen LogP contribution >= 0.6 is 0 Å². The fourth-order valence-electron chi connectivity index (χ4n) is 5.99. The van der Waals surface area contributed by atoms with Crippen molar-refractivity contribution in [2.24, 2.45) is 5.92 Å². The van der Waals surface area contributed by atoms with Crippen LogP contribution in [-0.4, -0.2) is 5.97 Å². The Morgan fingerprint density at radius 1 is 0.452 bits per heavy atom. The summed E-state index contributed by atoms with van der Waals surface area (Å²) in [5.74, 6) is 1.01. The number of carbonyl (C=O) groups excluding carboxylic acids is 1. The zero-order valence-corrected chi connectivity index (χ0v) is 28.5. The molecule has 0 radical (unpaired) electrons. The van der Waals surface area contributed by atoms with Gasteiger partial charge in [0.15, 0.2) is 0 Å². The van der Waals surface area contributed by atoms with Gasteiger partial charge in [-0.3, -0.25) is 4.79 Å². The van der Waals surface area contributed by atoms with Crippen LogP contribution in [0.4, 0.5) is 0 Å². The Balaban J connectivity index is 1.88. The summed E-state index contributed by atoms with van der Waals surface area (Å²) in [4.78, 5) is 11.9. The predicted octanol–water partition coefficient (Wildman–Crippen LogP) is 13.9. The van der Waals surface area contributed by atoms with E-state index in [9.17, 15) is 4.79 Å². The summed E-state index contributed by atoms with van der Waals surface area (Å²) in [5.41, 5.74) is 0. The topological polar surface area (TPSA) is 26.3 Å².